The molecule has 1 aliphatic heterocycles. The van der Waals surface area contributed by atoms with E-state index in [1.165, 1.54) is 17.0 Å². The summed E-state index contributed by atoms with van der Waals surface area (Å²) in [6.45, 7) is 4.10. The first-order valence-corrected chi connectivity index (χ1v) is 8.57. The maximum atomic E-state index is 12.6. The molecule has 3 rings (SSSR count). The van der Waals surface area contributed by atoms with Crippen molar-refractivity contribution in [2.75, 3.05) is 11.4 Å². The first kappa shape index (κ1) is 17.8. The Kier molecular flexibility index (Phi) is 4.84. The van der Waals surface area contributed by atoms with Gasteiger partial charge in [-0.3, -0.25) is 19.7 Å². The SMILES string of the molecule is CC(C)c1ccc(C(=O)CN2C(=O)CCc3cc([N+](=O)[O-])ccc32)cc1. The zero-order chi connectivity index (χ0) is 18.8. The van der Waals surface area contributed by atoms with E-state index in [9.17, 15) is 19.7 Å². The summed E-state index contributed by atoms with van der Waals surface area (Å²) in [5, 5.41) is 10.9. The molecule has 6 nitrogen and oxygen atoms in total. The van der Waals surface area contributed by atoms with E-state index in [-0.39, 0.29) is 30.3 Å². The highest BCUT2D eigenvalue weighted by Crippen LogP contribution is 2.31. The number of rotatable bonds is 5. The Balaban J connectivity index is 1.84. The van der Waals surface area contributed by atoms with Crippen molar-refractivity contribution in [2.45, 2.75) is 32.6 Å². The summed E-state index contributed by atoms with van der Waals surface area (Å²) >= 11 is 0. The van der Waals surface area contributed by atoms with Crippen molar-refractivity contribution in [3.8, 4) is 0 Å². The van der Waals surface area contributed by atoms with Gasteiger partial charge in [-0.05, 0) is 29.5 Å². The Morgan fingerprint density at radius 2 is 1.85 bits per heavy atom. The van der Waals surface area contributed by atoms with Gasteiger partial charge in [-0.25, -0.2) is 0 Å². The molecule has 6 heteroatoms. The van der Waals surface area contributed by atoms with E-state index in [2.05, 4.69) is 13.8 Å². The van der Waals surface area contributed by atoms with E-state index in [0.717, 1.165) is 11.1 Å². The highest BCUT2D eigenvalue weighted by molar-refractivity contribution is 6.06. The maximum absolute atomic E-state index is 12.6. The number of hydrogen-bond donors (Lipinski definition) is 0. The number of hydrogen-bond acceptors (Lipinski definition) is 4. The molecule has 0 atom stereocenters. The molecular formula is C20H20N2O4. The number of nitro groups is 1. The van der Waals surface area contributed by atoms with Crippen molar-refractivity contribution in [2.24, 2.45) is 0 Å². The van der Waals surface area contributed by atoms with Gasteiger partial charge in [-0.1, -0.05) is 38.1 Å². The maximum Gasteiger partial charge on any atom is 0.269 e. The number of carbonyl (C=O) groups is 2. The number of amides is 1. The molecule has 134 valence electrons. The molecule has 2 aromatic carbocycles. The van der Waals surface area contributed by atoms with Crippen LogP contribution in [0.4, 0.5) is 11.4 Å². The summed E-state index contributed by atoms with van der Waals surface area (Å²) in [4.78, 5) is 36.9. The van der Waals surface area contributed by atoms with Gasteiger partial charge in [0, 0.05) is 29.8 Å². The van der Waals surface area contributed by atoms with Crippen molar-refractivity contribution in [3.63, 3.8) is 0 Å². The number of fused-ring (bicyclic) bond motifs is 1. The normalized spacial score (nSPS) is 13.7. The summed E-state index contributed by atoms with van der Waals surface area (Å²) < 4.78 is 0. The topological polar surface area (TPSA) is 80.5 Å². The van der Waals surface area contributed by atoms with Crippen LogP contribution in [0, 0.1) is 10.1 Å². The number of aryl methyl sites for hydroxylation is 1. The van der Waals surface area contributed by atoms with Crippen LogP contribution >= 0.6 is 0 Å². The number of carbonyl (C=O) groups excluding carboxylic acids is 2. The Hall–Kier alpha value is -3.02. The Morgan fingerprint density at radius 1 is 1.15 bits per heavy atom. The van der Waals surface area contributed by atoms with E-state index < -0.39 is 4.92 Å². The number of Topliss-reactive ketones (excluding diaryl/α,β-unsaturated/α-hetero) is 1. The molecule has 1 aliphatic rings. The van der Waals surface area contributed by atoms with Gasteiger partial charge >= 0.3 is 0 Å². The van der Waals surface area contributed by atoms with Crippen molar-refractivity contribution in [1.29, 1.82) is 0 Å². The molecule has 0 saturated heterocycles. The van der Waals surface area contributed by atoms with Crippen molar-refractivity contribution in [1.82, 2.24) is 0 Å². The van der Waals surface area contributed by atoms with E-state index in [1.54, 1.807) is 18.2 Å². The largest absolute Gasteiger partial charge is 0.304 e. The number of nitro benzene ring substituents is 1. The summed E-state index contributed by atoms with van der Waals surface area (Å²) in [5.74, 6) is 0.0869. The second kappa shape index (κ2) is 7.07. The molecule has 0 radical (unpaired) electrons. The number of non-ortho nitro benzene ring substituents is 1. The van der Waals surface area contributed by atoms with E-state index >= 15 is 0 Å². The highest BCUT2D eigenvalue weighted by Gasteiger charge is 2.27. The van der Waals surface area contributed by atoms with E-state index in [0.29, 0.717) is 23.6 Å². The smallest absolute Gasteiger partial charge is 0.269 e. The minimum Gasteiger partial charge on any atom is -0.304 e. The Bertz CT molecular complexity index is 872. The predicted molar refractivity (Wildman–Crippen MR) is 98.6 cm³/mol. The van der Waals surface area contributed by atoms with Gasteiger partial charge in [0.2, 0.25) is 5.91 Å². The van der Waals surface area contributed by atoms with E-state index in [4.69, 9.17) is 0 Å². The fourth-order valence-corrected chi connectivity index (χ4v) is 3.12. The van der Waals surface area contributed by atoms with Gasteiger partial charge in [-0.2, -0.15) is 0 Å². The first-order valence-electron chi connectivity index (χ1n) is 8.57. The lowest BCUT2D eigenvalue weighted by Gasteiger charge is -2.28. The van der Waals surface area contributed by atoms with Crippen molar-refractivity contribution >= 4 is 23.1 Å². The minimum atomic E-state index is -0.456. The zero-order valence-corrected chi connectivity index (χ0v) is 14.8. The van der Waals surface area contributed by atoms with Crippen LogP contribution in [-0.2, 0) is 11.2 Å². The average molecular weight is 352 g/mol. The van der Waals surface area contributed by atoms with Crippen LogP contribution in [0.2, 0.25) is 0 Å². The number of ketones is 1. The van der Waals surface area contributed by atoms with Crippen LogP contribution in [0.25, 0.3) is 0 Å². The Morgan fingerprint density at radius 3 is 2.46 bits per heavy atom. The number of anilines is 1. The molecule has 0 bridgehead atoms. The second-order valence-electron chi connectivity index (χ2n) is 6.75. The third-order valence-electron chi connectivity index (χ3n) is 4.67. The lowest BCUT2D eigenvalue weighted by atomic mass is 9.98. The molecule has 26 heavy (non-hydrogen) atoms. The minimum absolute atomic E-state index is 0.00588. The monoisotopic (exact) mass is 352 g/mol. The molecule has 1 heterocycles. The highest BCUT2D eigenvalue weighted by atomic mass is 16.6. The fraction of sp³-hybridized carbons (Fsp3) is 0.300. The fourth-order valence-electron chi connectivity index (χ4n) is 3.12. The Labute approximate surface area is 151 Å². The van der Waals surface area contributed by atoms with E-state index in [1.807, 2.05) is 12.1 Å². The van der Waals surface area contributed by atoms with Crippen LogP contribution in [0.15, 0.2) is 42.5 Å². The first-order chi connectivity index (χ1) is 12.4. The molecular weight excluding hydrogens is 332 g/mol. The van der Waals surface area contributed by atoms with Crippen LogP contribution < -0.4 is 4.90 Å². The van der Waals surface area contributed by atoms with Crippen molar-refractivity contribution in [3.05, 3.63) is 69.3 Å². The summed E-state index contributed by atoms with van der Waals surface area (Å²) in [6.07, 6.45) is 0.692. The zero-order valence-electron chi connectivity index (χ0n) is 14.8. The molecule has 0 fully saturated rings. The number of nitrogens with zero attached hydrogens (tertiary/aromatic N) is 2. The third kappa shape index (κ3) is 3.49. The number of benzene rings is 2. The van der Waals surface area contributed by atoms with Gasteiger partial charge in [-0.15, -0.1) is 0 Å². The van der Waals surface area contributed by atoms with Crippen LogP contribution in [-0.4, -0.2) is 23.2 Å². The quantitative estimate of drug-likeness (QED) is 0.464. The molecule has 0 aliphatic carbocycles. The van der Waals surface area contributed by atoms with Gasteiger partial charge < -0.3 is 4.90 Å². The second-order valence-corrected chi connectivity index (χ2v) is 6.75. The summed E-state index contributed by atoms with van der Waals surface area (Å²) in [5.41, 5.74) is 3.00. The van der Waals surface area contributed by atoms with Crippen molar-refractivity contribution < 1.29 is 14.5 Å². The molecule has 1 amide bonds. The molecule has 0 unspecified atom stereocenters. The van der Waals surface area contributed by atoms with Gasteiger partial charge in [0.25, 0.3) is 5.69 Å². The molecule has 0 saturated carbocycles. The van der Waals surface area contributed by atoms with Gasteiger partial charge in [0.15, 0.2) is 5.78 Å². The van der Waals surface area contributed by atoms with Crippen LogP contribution in [0.1, 0.15) is 47.7 Å². The molecule has 0 aromatic heterocycles. The lowest BCUT2D eigenvalue weighted by molar-refractivity contribution is -0.384. The van der Waals surface area contributed by atoms with Crippen LogP contribution in [0.3, 0.4) is 0 Å². The third-order valence-corrected chi connectivity index (χ3v) is 4.67. The van der Waals surface area contributed by atoms with Gasteiger partial charge in [0.1, 0.15) is 0 Å². The summed E-state index contributed by atoms with van der Waals surface area (Å²) in [7, 11) is 0. The molecule has 0 spiro atoms. The average Bonchev–Trinajstić information content (AvgIpc) is 2.63. The molecule has 2 aromatic rings. The summed E-state index contributed by atoms with van der Waals surface area (Å²) in [6, 6.07) is 11.8. The van der Waals surface area contributed by atoms with Gasteiger partial charge in [0.05, 0.1) is 11.5 Å². The standard InChI is InChI=1S/C20H20N2O4/c1-13(2)14-3-5-15(6-4-14)19(23)12-21-18-9-8-17(22(25)26)11-16(18)7-10-20(21)24/h3-6,8-9,11,13H,7,10,12H2,1-2H3. The molecule has 0 N–H and O–H groups in total. The lowest BCUT2D eigenvalue weighted by Crippen LogP contribution is -2.39. The van der Waals surface area contributed by atoms with Crippen LogP contribution in [0.5, 0.6) is 0 Å². The predicted octanol–water partition coefficient (Wildman–Crippen LogP) is 3.88.